The lowest BCUT2D eigenvalue weighted by atomic mass is 10.0. The van der Waals surface area contributed by atoms with Crippen LogP contribution in [0.2, 0.25) is 0 Å². The van der Waals surface area contributed by atoms with Crippen molar-refractivity contribution in [3.8, 4) is 0 Å². The molecule has 0 aromatic carbocycles. The Bertz CT molecular complexity index is 118. The summed E-state index contributed by atoms with van der Waals surface area (Å²) in [6, 6.07) is 0. The Morgan fingerprint density at radius 1 is 1.27 bits per heavy atom. The van der Waals surface area contributed by atoms with Crippen LogP contribution in [0.3, 0.4) is 0 Å². The molecule has 0 N–H and O–H groups in total. The Kier molecular flexibility index (Phi) is 3.29. The van der Waals surface area contributed by atoms with Crippen molar-refractivity contribution in [3.63, 3.8) is 0 Å². The van der Waals surface area contributed by atoms with E-state index in [0.29, 0.717) is 0 Å². The lowest BCUT2D eigenvalue weighted by Gasteiger charge is -2.32. The number of hydrogen-bond acceptors (Lipinski definition) is 0. The summed E-state index contributed by atoms with van der Waals surface area (Å²) >= 11 is 0. The van der Waals surface area contributed by atoms with E-state index in [1.165, 1.54) is 31.4 Å². The molecule has 1 fully saturated rings. The predicted octanol–water partition coefficient (Wildman–Crippen LogP) is 3.26. The second-order valence-electron chi connectivity index (χ2n) is 4.41. The molecule has 0 aliphatic carbocycles. The summed E-state index contributed by atoms with van der Waals surface area (Å²) in [5, 5.41) is 0. The normalized spacial score (nSPS) is 34.3. The van der Waals surface area contributed by atoms with Gasteiger partial charge in [-0.1, -0.05) is 19.8 Å². The topological polar surface area (TPSA) is 0 Å². The first-order valence-electron chi connectivity index (χ1n) is 4.83. The smallest absolute Gasteiger partial charge is 0.0204 e. The molecule has 1 saturated heterocycles. The number of rotatable bonds is 1. The van der Waals surface area contributed by atoms with Crippen LogP contribution in [0.5, 0.6) is 0 Å². The molecule has 1 rings (SSSR count). The molecule has 11 heavy (non-hydrogen) atoms. The van der Waals surface area contributed by atoms with Crippen LogP contribution in [0.15, 0.2) is 0 Å². The highest BCUT2D eigenvalue weighted by molar-refractivity contribution is 8.32. The fourth-order valence-corrected chi connectivity index (χ4v) is 4.88. The second kappa shape index (κ2) is 3.84. The molecule has 0 aromatic heterocycles. The molecule has 0 aromatic rings. The van der Waals surface area contributed by atoms with Gasteiger partial charge in [-0.15, -0.1) is 0 Å². The molecular formula is C10H22S. The largest absolute Gasteiger partial charge is 0.246 e. The third-order valence-electron chi connectivity index (χ3n) is 2.82. The van der Waals surface area contributed by atoms with Crippen LogP contribution in [-0.4, -0.2) is 24.0 Å². The molecule has 1 heteroatoms. The molecule has 0 nitrogen and oxygen atoms in total. The Morgan fingerprint density at radius 2 is 2.00 bits per heavy atom. The molecule has 1 heterocycles. The van der Waals surface area contributed by atoms with Crippen molar-refractivity contribution in [1.82, 2.24) is 0 Å². The van der Waals surface area contributed by atoms with Crippen molar-refractivity contribution >= 4 is 10.0 Å². The zero-order chi connectivity index (χ0) is 8.32. The van der Waals surface area contributed by atoms with E-state index in [0.717, 1.165) is 5.92 Å². The Hall–Kier alpha value is 0.350. The van der Waals surface area contributed by atoms with Gasteiger partial charge in [0.2, 0.25) is 0 Å². The maximum absolute atomic E-state index is 2.51. The van der Waals surface area contributed by atoms with Crippen molar-refractivity contribution in [3.05, 3.63) is 0 Å². The third kappa shape index (κ3) is 3.06. The zero-order valence-corrected chi connectivity index (χ0v) is 9.04. The van der Waals surface area contributed by atoms with E-state index in [1.807, 2.05) is 0 Å². The van der Waals surface area contributed by atoms with Gasteiger partial charge < -0.3 is 0 Å². The first-order chi connectivity index (χ1) is 5.14. The lowest BCUT2D eigenvalue weighted by molar-refractivity contribution is 0.508. The van der Waals surface area contributed by atoms with E-state index in [9.17, 15) is 0 Å². The van der Waals surface area contributed by atoms with Gasteiger partial charge in [-0.25, -0.2) is 10.0 Å². The SMILES string of the molecule is CCC1CCCCS(C)(C)C1. The van der Waals surface area contributed by atoms with Crippen LogP contribution in [-0.2, 0) is 0 Å². The molecule has 1 atom stereocenters. The van der Waals surface area contributed by atoms with Crippen LogP contribution in [0.25, 0.3) is 0 Å². The summed E-state index contributed by atoms with van der Waals surface area (Å²) in [6.45, 7) is 2.35. The first-order valence-corrected chi connectivity index (χ1v) is 7.61. The molecule has 68 valence electrons. The quantitative estimate of drug-likeness (QED) is 0.572. The van der Waals surface area contributed by atoms with E-state index in [-0.39, 0.29) is 10.0 Å². The Labute approximate surface area is 73.1 Å². The average Bonchev–Trinajstić information content (AvgIpc) is 2.10. The maximum Gasteiger partial charge on any atom is -0.0204 e. The first kappa shape index (κ1) is 9.44. The van der Waals surface area contributed by atoms with Gasteiger partial charge in [0.15, 0.2) is 0 Å². The monoisotopic (exact) mass is 174 g/mol. The van der Waals surface area contributed by atoms with Crippen molar-refractivity contribution < 1.29 is 0 Å². The van der Waals surface area contributed by atoms with Crippen LogP contribution >= 0.6 is 10.0 Å². The van der Waals surface area contributed by atoms with Crippen LogP contribution in [0.1, 0.15) is 32.6 Å². The summed E-state index contributed by atoms with van der Waals surface area (Å²) in [4.78, 5) is 0. The van der Waals surface area contributed by atoms with Crippen molar-refractivity contribution in [2.45, 2.75) is 32.6 Å². The van der Waals surface area contributed by atoms with E-state index < -0.39 is 0 Å². The maximum atomic E-state index is 2.51. The molecule has 0 radical (unpaired) electrons. The molecule has 1 aliphatic rings. The molecule has 0 amide bonds. The summed E-state index contributed by atoms with van der Waals surface area (Å²) < 4.78 is 0. The van der Waals surface area contributed by atoms with Crippen molar-refractivity contribution in [2.24, 2.45) is 5.92 Å². The fourth-order valence-electron chi connectivity index (χ4n) is 2.05. The average molecular weight is 174 g/mol. The third-order valence-corrected chi connectivity index (χ3v) is 5.59. The Morgan fingerprint density at radius 3 is 2.64 bits per heavy atom. The molecule has 1 unspecified atom stereocenters. The van der Waals surface area contributed by atoms with Crippen LogP contribution < -0.4 is 0 Å². The molecule has 0 bridgehead atoms. The van der Waals surface area contributed by atoms with Crippen LogP contribution in [0, 0.1) is 5.92 Å². The second-order valence-corrected chi connectivity index (χ2v) is 8.68. The van der Waals surface area contributed by atoms with Gasteiger partial charge in [0, 0.05) is 0 Å². The Balaban J connectivity index is 2.47. The van der Waals surface area contributed by atoms with Crippen LogP contribution in [0.4, 0.5) is 0 Å². The van der Waals surface area contributed by atoms with Gasteiger partial charge >= 0.3 is 0 Å². The van der Waals surface area contributed by atoms with Crippen molar-refractivity contribution in [1.29, 1.82) is 0 Å². The highest BCUT2D eigenvalue weighted by atomic mass is 32.3. The molecule has 1 aliphatic heterocycles. The summed E-state index contributed by atoms with van der Waals surface area (Å²) in [5.41, 5.74) is 0. The van der Waals surface area contributed by atoms with E-state index in [4.69, 9.17) is 0 Å². The number of hydrogen-bond donors (Lipinski definition) is 0. The lowest BCUT2D eigenvalue weighted by Crippen LogP contribution is -2.10. The summed E-state index contributed by atoms with van der Waals surface area (Å²) in [5.74, 6) is 4.13. The highest BCUT2D eigenvalue weighted by Gasteiger charge is 2.20. The minimum Gasteiger partial charge on any atom is -0.246 e. The van der Waals surface area contributed by atoms with Gasteiger partial charge in [-0.05, 0) is 42.8 Å². The molecule has 0 saturated carbocycles. The van der Waals surface area contributed by atoms with Crippen molar-refractivity contribution in [2.75, 3.05) is 24.0 Å². The minimum atomic E-state index is -0.180. The predicted molar refractivity (Wildman–Crippen MR) is 56.8 cm³/mol. The van der Waals surface area contributed by atoms with Gasteiger partial charge in [-0.3, -0.25) is 0 Å². The fraction of sp³-hybridized carbons (Fsp3) is 1.00. The standard InChI is InChI=1S/C10H22S/c1-4-10-7-5-6-8-11(2,3)9-10/h10H,4-9H2,1-3H3. The van der Waals surface area contributed by atoms with Gasteiger partial charge in [0.25, 0.3) is 0 Å². The van der Waals surface area contributed by atoms with Gasteiger partial charge in [0.05, 0.1) is 0 Å². The van der Waals surface area contributed by atoms with Gasteiger partial charge in [0.1, 0.15) is 0 Å². The summed E-state index contributed by atoms with van der Waals surface area (Å²) in [6.07, 6.45) is 10.9. The van der Waals surface area contributed by atoms with E-state index >= 15 is 0 Å². The highest BCUT2D eigenvalue weighted by Crippen LogP contribution is 2.46. The van der Waals surface area contributed by atoms with Gasteiger partial charge in [-0.2, -0.15) is 0 Å². The summed E-state index contributed by atoms with van der Waals surface area (Å²) in [7, 11) is -0.180. The molecule has 0 spiro atoms. The molecular weight excluding hydrogens is 152 g/mol. The van der Waals surface area contributed by atoms with E-state index in [1.54, 1.807) is 5.75 Å². The van der Waals surface area contributed by atoms with E-state index in [2.05, 4.69) is 19.4 Å². The minimum absolute atomic E-state index is 0.180. The zero-order valence-electron chi connectivity index (χ0n) is 8.23.